The van der Waals surface area contributed by atoms with Gasteiger partial charge in [-0.2, -0.15) is 0 Å². The molecule has 7 heteroatoms. The van der Waals surface area contributed by atoms with Crippen molar-refractivity contribution in [2.45, 2.75) is 13.8 Å². The summed E-state index contributed by atoms with van der Waals surface area (Å²) in [6.07, 6.45) is 0. The number of aryl methyl sites for hydroxylation is 2. The van der Waals surface area contributed by atoms with Crippen molar-refractivity contribution in [3.63, 3.8) is 0 Å². The molecule has 3 N–H and O–H groups in total. The Morgan fingerprint density at radius 3 is 2.33 bits per heavy atom. The summed E-state index contributed by atoms with van der Waals surface area (Å²) in [6, 6.07) is 14.9. The Morgan fingerprint density at radius 2 is 1.63 bits per heavy atom. The monoisotopic (exact) mass is 362 g/mol. The number of amides is 1. The molecule has 0 fully saturated rings. The number of hydrogen-bond acceptors (Lipinski definition) is 5. The lowest BCUT2D eigenvalue weighted by Crippen LogP contribution is -2.15. The van der Waals surface area contributed by atoms with Crippen molar-refractivity contribution < 1.29 is 14.7 Å². The van der Waals surface area contributed by atoms with Gasteiger partial charge in [0.05, 0.1) is 11.3 Å². The number of carboxylic acid groups (broad SMARTS) is 1. The molecule has 0 aliphatic carbocycles. The maximum absolute atomic E-state index is 12.5. The second kappa shape index (κ2) is 7.65. The summed E-state index contributed by atoms with van der Waals surface area (Å²) in [5.41, 5.74) is 2.98. The number of carboxylic acids is 1. The molecule has 0 atom stereocenters. The van der Waals surface area contributed by atoms with Gasteiger partial charge in [0, 0.05) is 22.6 Å². The van der Waals surface area contributed by atoms with Crippen LogP contribution in [0, 0.1) is 13.8 Å². The minimum Gasteiger partial charge on any atom is -0.478 e. The number of aromatic carboxylic acids is 1. The van der Waals surface area contributed by atoms with Crippen molar-refractivity contribution in [1.29, 1.82) is 0 Å². The predicted molar refractivity (Wildman–Crippen MR) is 103 cm³/mol. The average molecular weight is 362 g/mol. The van der Waals surface area contributed by atoms with Gasteiger partial charge in [0.1, 0.15) is 0 Å². The van der Waals surface area contributed by atoms with Gasteiger partial charge >= 0.3 is 5.97 Å². The maximum Gasteiger partial charge on any atom is 0.337 e. The highest BCUT2D eigenvalue weighted by Gasteiger charge is 2.13. The number of nitrogens with zero attached hydrogens (tertiary/aromatic N) is 2. The van der Waals surface area contributed by atoms with E-state index in [1.165, 1.54) is 6.07 Å². The van der Waals surface area contributed by atoms with Crippen LogP contribution >= 0.6 is 0 Å². The molecule has 0 bridgehead atoms. The van der Waals surface area contributed by atoms with Gasteiger partial charge in [-0.25, -0.2) is 14.8 Å². The molecule has 0 aliphatic rings. The number of benzene rings is 2. The highest BCUT2D eigenvalue weighted by Crippen LogP contribution is 2.19. The van der Waals surface area contributed by atoms with Crippen LogP contribution in [0.15, 0.2) is 54.6 Å². The van der Waals surface area contributed by atoms with Crippen LogP contribution in [0.5, 0.6) is 0 Å². The Morgan fingerprint density at radius 1 is 0.926 bits per heavy atom. The van der Waals surface area contributed by atoms with E-state index in [4.69, 9.17) is 0 Å². The lowest BCUT2D eigenvalue weighted by Gasteiger charge is -2.10. The first-order valence-electron chi connectivity index (χ1n) is 8.25. The third-order valence-corrected chi connectivity index (χ3v) is 3.77. The number of nitrogens with one attached hydrogen (secondary N) is 2. The van der Waals surface area contributed by atoms with Crippen molar-refractivity contribution in [2.75, 3.05) is 10.6 Å². The van der Waals surface area contributed by atoms with Crippen molar-refractivity contribution in [3.05, 3.63) is 77.1 Å². The third kappa shape index (κ3) is 4.46. The van der Waals surface area contributed by atoms with Crippen molar-refractivity contribution >= 4 is 29.2 Å². The van der Waals surface area contributed by atoms with Gasteiger partial charge in [0.25, 0.3) is 5.91 Å². The molecule has 27 heavy (non-hydrogen) atoms. The predicted octanol–water partition coefficient (Wildman–Crippen LogP) is 3.79. The van der Waals surface area contributed by atoms with E-state index in [0.717, 1.165) is 11.4 Å². The molecule has 7 nitrogen and oxygen atoms in total. The van der Waals surface area contributed by atoms with Crippen LogP contribution in [0.25, 0.3) is 0 Å². The Balaban J connectivity index is 1.81. The van der Waals surface area contributed by atoms with E-state index >= 15 is 0 Å². The van der Waals surface area contributed by atoms with Crippen LogP contribution in [0.3, 0.4) is 0 Å². The number of anilines is 3. The SMILES string of the molecule is Cc1cc(C)nc(Nc2cccc(C(=O)Nc3ccccc3C(=O)O)c2)n1. The molecule has 1 heterocycles. The minimum absolute atomic E-state index is 0.0313. The molecule has 1 aromatic heterocycles. The van der Waals surface area contributed by atoms with Gasteiger partial charge in [0.2, 0.25) is 5.95 Å². The lowest BCUT2D eigenvalue weighted by molar-refractivity contribution is 0.0698. The lowest BCUT2D eigenvalue weighted by atomic mass is 10.1. The normalized spacial score (nSPS) is 10.3. The molecular formula is C20H18N4O3. The van der Waals surface area contributed by atoms with E-state index in [1.54, 1.807) is 42.5 Å². The van der Waals surface area contributed by atoms with E-state index in [-0.39, 0.29) is 11.3 Å². The fraction of sp³-hybridized carbons (Fsp3) is 0.100. The zero-order valence-electron chi connectivity index (χ0n) is 14.9. The maximum atomic E-state index is 12.5. The summed E-state index contributed by atoms with van der Waals surface area (Å²) in [4.78, 5) is 32.4. The minimum atomic E-state index is -1.10. The molecule has 0 saturated heterocycles. The molecule has 3 rings (SSSR count). The van der Waals surface area contributed by atoms with E-state index in [9.17, 15) is 14.7 Å². The van der Waals surface area contributed by atoms with Crippen LogP contribution in [-0.2, 0) is 0 Å². The zero-order chi connectivity index (χ0) is 19.4. The Bertz CT molecular complexity index is 997. The van der Waals surface area contributed by atoms with Crippen LogP contribution in [-0.4, -0.2) is 27.0 Å². The fourth-order valence-corrected chi connectivity index (χ4v) is 2.62. The highest BCUT2D eigenvalue weighted by atomic mass is 16.4. The highest BCUT2D eigenvalue weighted by molar-refractivity contribution is 6.08. The van der Waals surface area contributed by atoms with Gasteiger partial charge in [-0.15, -0.1) is 0 Å². The standard InChI is InChI=1S/C20H18N4O3/c1-12-10-13(2)22-20(21-12)23-15-7-5-6-14(11-15)18(25)24-17-9-4-3-8-16(17)19(26)27/h3-11H,1-2H3,(H,24,25)(H,26,27)(H,21,22,23). The fourth-order valence-electron chi connectivity index (χ4n) is 2.62. The van der Waals surface area contributed by atoms with E-state index < -0.39 is 11.9 Å². The molecule has 0 unspecified atom stereocenters. The Kier molecular flexibility index (Phi) is 5.12. The number of carbonyl (C=O) groups is 2. The van der Waals surface area contributed by atoms with Crippen molar-refractivity contribution in [3.8, 4) is 0 Å². The van der Waals surface area contributed by atoms with Gasteiger partial charge < -0.3 is 15.7 Å². The molecule has 2 aromatic carbocycles. The molecule has 0 aliphatic heterocycles. The Hall–Kier alpha value is -3.74. The van der Waals surface area contributed by atoms with Gasteiger partial charge in [0.15, 0.2) is 0 Å². The summed E-state index contributed by atoms with van der Waals surface area (Å²) in [5, 5.41) is 14.9. The van der Waals surface area contributed by atoms with Crippen LogP contribution in [0.2, 0.25) is 0 Å². The number of carbonyl (C=O) groups excluding carboxylic acids is 1. The number of aromatic nitrogens is 2. The van der Waals surface area contributed by atoms with Gasteiger partial charge in [-0.1, -0.05) is 18.2 Å². The van der Waals surface area contributed by atoms with Crippen LogP contribution in [0.4, 0.5) is 17.3 Å². The molecule has 1 amide bonds. The number of hydrogen-bond donors (Lipinski definition) is 3. The first-order chi connectivity index (χ1) is 12.9. The first-order valence-corrected chi connectivity index (χ1v) is 8.25. The largest absolute Gasteiger partial charge is 0.478 e. The van der Waals surface area contributed by atoms with Crippen LogP contribution in [0.1, 0.15) is 32.1 Å². The molecule has 0 saturated carbocycles. The smallest absolute Gasteiger partial charge is 0.337 e. The van der Waals surface area contributed by atoms with Crippen molar-refractivity contribution in [1.82, 2.24) is 9.97 Å². The van der Waals surface area contributed by atoms with E-state index in [0.29, 0.717) is 17.2 Å². The summed E-state index contributed by atoms with van der Waals surface area (Å²) >= 11 is 0. The summed E-state index contributed by atoms with van der Waals surface area (Å²) in [5.74, 6) is -1.07. The summed E-state index contributed by atoms with van der Waals surface area (Å²) < 4.78 is 0. The zero-order valence-corrected chi connectivity index (χ0v) is 14.9. The molecule has 0 radical (unpaired) electrons. The van der Waals surface area contributed by atoms with Crippen LogP contribution < -0.4 is 10.6 Å². The summed E-state index contributed by atoms with van der Waals surface area (Å²) in [7, 11) is 0. The van der Waals surface area contributed by atoms with Gasteiger partial charge in [-0.3, -0.25) is 4.79 Å². The second-order valence-corrected chi connectivity index (χ2v) is 5.98. The van der Waals surface area contributed by atoms with Crippen molar-refractivity contribution in [2.24, 2.45) is 0 Å². The average Bonchev–Trinajstić information content (AvgIpc) is 2.61. The van der Waals surface area contributed by atoms with Gasteiger partial charge in [-0.05, 0) is 50.2 Å². The third-order valence-electron chi connectivity index (χ3n) is 3.77. The first kappa shape index (κ1) is 18.1. The quantitative estimate of drug-likeness (QED) is 0.638. The molecule has 136 valence electrons. The second-order valence-electron chi connectivity index (χ2n) is 5.98. The Labute approximate surface area is 156 Å². The van der Waals surface area contributed by atoms with E-state index in [1.807, 2.05) is 19.9 Å². The molecule has 3 aromatic rings. The number of para-hydroxylation sites is 1. The molecule has 0 spiro atoms. The number of rotatable bonds is 5. The summed E-state index contributed by atoms with van der Waals surface area (Å²) in [6.45, 7) is 3.76. The topological polar surface area (TPSA) is 104 Å². The van der Waals surface area contributed by atoms with E-state index in [2.05, 4.69) is 20.6 Å². The molecular weight excluding hydrogens is 344 g/mol.